The lowest BCUT2D eigenvalue weighted by Crippen LogP contribution is -2.49. The van der Waals surface area contributed by atoms with Gasteiger partial charge in [0.25, 0.3) is 0 Å². The fourth-order valence-corrected chi connectivity index (χ4v) is 2.11. The Morgan fingerprint density at radius 1 is 0.944 bits per heavy atom. The van der Waals surface area contributed by atoms with E-state index in [0.29, 0.717) is 0 Å². The minimum atomic E-state index is 0.0829. The lowest BCUT2D eigenvalue weighted by Gasteiger charge is -2.26. The van der Waals surface area contributed by atoms with Crippen LogP contribution in [0.1, 0.15) is 47.1 Å². The summed E-state index contributed by atoms with van der Waals surface area (Å²) in [4.78, 5) is 0. The maximum Gasteiger partial charge on any atom is 0.153 e. The van der Waals surface area contributed by atoms with E-state index in [2.05, 4.69) is 75.7 Å². The summed E-state index contributed by atoms with van der Waals surface area (Å²) in [5, 5.41) is 10.4. The summed E-state index contributed by atoms with van der Waals surface area (Å²) in [6.07, 6.45) is 0.107. The van der Waals surface area contributed by atoms with Crippen LogP contribution in [0.5, 0.6) is 0 Å². The van der Waals surface area contributed by atoms with Gasteiger partial charge in [0.15, 0.2) is 6.29 Å². The molecule has 1 aliphatic rings. The van der Waals surface area contributed by atoms with Crippen LogP contribution in [-0.4, -0.2) is 11.8 Å². The maximum atomic E-state index is 3.50. The van der Waals surface area contributed by atoms with Crippen molar-refractivity contribution in [3.8, 4) is 0 Å². The summed E-state index contributed by atoms with van der Waals surface area (Å²) >= 11 is 0. The fourth-order valence-electron chi connectivity index (χ4n) is 2.11. The minimum Gasteiger partial charge on any atom is -0.351 e. The van der Waals surface area contributed by atoms with E-state index in [-0.39, 0.29) is 17.2 Å². The van der Waals surface area contributed by atoms with Crippen LogP contribution in [0.3, 0.4) is 0 Å². The average molecular weight is 247 g/mol. The normalized spacial score (nSPS) is 19.1. The van der Waals surface area contributed by atoms with Crippen molar-refractivity contribution in [1.82, 2.24) is 5.32 Å². The molecule has 1 atom stereocenters. The highest BCUT2D eigenvalue weighted by molar-refractivity contribution is 5.75. The SMILES string of the molecule is CC(C)(C)NC1Nc2ccc(C(C)(C)C)cc2N1. The van der Waals surface area contributed by atoms with Crippen molar-refractivity contribution in [1.29, 1.82) is 0 Å². The number of benzene rings is 1. The van der Waals surface area contributed by atoms with Crippen molar-refractivity contribution in [3.63, 3.8) is 0 Å². The van der Waals surface area contributed by atoms with E-state index in [0.717, 1.165) is 0 Å². The Labute approximate surface area is 110 Å². The molecule has 18 heavy (non-hydrogen) atoms. The predicted molar refractivity (Wildman–Crippen MR) is 79.1 cm³/mol. The molecule has 2 rings (SSSR count). The van der Waals surface area contributed by atoms with Gasteiger partial charge in [-0.2, -0.15) is 0 Å². The Kier molecular flexibility index (Phi) is 3.06. The fraction of sp³-hybridized carbons (Fsp3) is 0.600. The molecule has 0 amide bonds. The monoisotopic (exact) mass is 247 g/mol. The lowest BCUT2D eigenvalue weighted by molar-refractivity contribution is 0.400. The van der Waals surface area contributed by atoms with Crippen LogP contribution < -0.4 is 16.0 Å². The van der Waals surface area contributed by atoms with Crippen LogP contribution in [0.2, 0.25) is 0 Å². The first-order valence-electron chi connectivity index (χ1n) is 6.60. The summed E-state index contributed by atoms with van der Waals surface area (Å²) in [5.41, 5.74) is 3.98. The summed E-state index contributed by atoms with van der Waals surface area (Å²) < 4.78 is 0. The molecule has 0 saturated carbocycles. The zero-order valence-electron chi connectivity index (χ0n) is 12.3. The van der Waals surface area contributed by atoms with E-state index in [1.807, 2.05) is 0 Å². The quantitative estimate of drug-likeness (QED) is 0.711. The standard InChI is InChI=1S/C15H25N3/c1-14(2,3)10-7-8-11-12(9-10)17-13(16-11)18-15(4,5)6/h7-9,13,16-18H,1-6H3. The molecule has 3 nitrogen and oxygen atoms in total. The Balaban J connectivity index is 2.16. The zero-order chi connectivity index (χ0) is 13.6. The van der Waals surface area contributed by atoms with Crippen molar-refractivity contribution >= 4 is 11.4 Å². The van der Waals surface area contributed by atoms with Gasteiger partial charge in [0, 0.05) is 5.54 Å². The second-order valence-corrected chi connectivity index (χ2v) is 7.13. The molecule has 3 heteroatoms. The Bertz CT molecular complexity index is 438. The average Bonchev–Trinajstić information content (AvgIpc) is 2.53. The molecule has 1 aliphatic heterocycles. The van der Waals surface area contributed by atoms with E-state index >= 15 is 0 Å². The number of hydrogen-bond donors (Lipinski definition) is 3. The third-order valence-corrected chi connectivity index (χ3v) is 3.06. The molecule has 0 bridgehead atoms. The molecule has 100 valence electrons. The van der Waals surface area contributed by atoms with E-state index in [1.165, 1.54) is 16.9 Å². The molecule has 1 aromatic rings. The molecule has 0 spiro atoms. The Morgan fingerprint density at radius 3 is 2.11 bits per heavy atom. The molecular weight excluding hydrogens is 222 g/mol. The van der Waals surface area contributed by atoms with Crippen LogP contribution in [0.4, 0.5) is 11.4 Å². The van der Waals surface area contributed by atoms with Crippen LogP contribution in [0, 0.1) is 0 Å². The van der Waals surface area contributed by atoms with Gasteiger partial charge in [0.2, 0.25) is 0 Å². The van der Waals surface area contributed by atoms with Gasteiger partial charge in [-0.05, 0) is 43.9 Å². The van der Waals surface area contributed by atoms with Gasteiger partial charge < -0.3 is 10.6 Å². The number of nitrogens with one attached hydrogen (secondary N) is 3. The summed E-state index contributed by atoms with van der Waals surface area (Å²) in [5.74, 6) is 0. The van der Waals surface area contributed by atoms with Gasteiger partial charge in [0.1, 0.15) is 0 Å². The Hall–Kier alpha value is -1.22. The molecule has 0 radical (unpaired) electrons. The highest BCUT2D eigenvalue weighted by Crippen LogP contribution is 2.33. The van der Waals surface area contributed by atoms with Crippen LogP contribution in [0.15, 0.2) is 18.2 Å². The Morgan fingerprint density at radius 2 is 1.56 bits per heavy atom. The molecule has 0 aliphatic carbocycles. The van der Waals surface area contributed by atoms with Gasteiger partial charge in [-0.3, -0.25) is 5.32 Å². The molecule has 0 fully saturated rings. The van der Waals surface area contributed by atoms with Gasteiger partial charge in [0.05, 0.1) is 11.4 Å². The maximum absolute atomic E-state index is 3.50. The van der Waals surface area contributed by atoms with Gasteiger partial charge >= 0.3 is 0 Å². The molecular formula is C15H25N3. The smallest absolute Gasteiger partial charge is 0.153 e. The van der Waals surface area contributed by atoms with Crippen LogP contribution >= 0.6 is 0 Å². The minimum absolute atomic E-state index is 0.0829. The second-order valence-electron chi connectivity index (χ2n) is 7.13. The number of rotatable bonds is 1. The van der Waals surface area contributed by atoms with Crippen LogP contribution in [-0.2, 0) is 5.41 Å². The summed E-state index contributed by atoms with van der Waals surface area (Å²) in [6, 6.07) is 6.60. The lowest BCUT2D eigenvalue weighted by atomic mass is 9.87. The summed E-state index contributed by atoms with van der Waals surface area (Å²) in [7, 11) is 0. The number of hydrogen-bond acceptors (Lipinski definition) is 3. The summed E-state index contributed by atoms with van der Waals surface area (Å²) in [6.45, 7) is 13.2. The van der Waals surface area contributed by atoms with Crippen molar-refractivity contribution in [2.24, 2.45) is 0 Å². The molecule has 1 heterocycles. The molecule has 0 saturated heterocycles. The van der Waals surface area contributed by atoms with E-state index < -0.39 is 0 Å². The van der Waals surface area contributed by atoms with Crippen LogP contribution in [0.25, 0.3) is 0 Å². The van der Waals surface area contributed by atoms with E-state index in [9.17, 15) is 0 Å². The number of fused-ring (bicyclic) bond motifs is 1. The van der Waals surface area contributed by atoms with E-state index in [1.54, 1.807) is 0 Å². The first kappa shape index (κ1) is 13.2. The van der Waals surface area contributed by atoms with Crippen molar-refractivity contribution in [2.75, 3.05) is 10.6 Å². The zero-order valence-corrected chi connectivity index (χ0v) is 12.3. The van der Waals surface area contributed by atoms with Gasteiger partial charge in [-0.1, -0.05) is 26.8 Å². The number of anilines is 2. The highest BCUT2D eigenvalue weighted by Gasteiger charge is 2.25. The van der Waals surface area contributed by atoms with Crippen molar-refractivity contribution in [2.45, 2.75) is 58.8 Å². The third-order valence-electron chi connectivity index (χ3n) is 3.06. The van der Waals surface area contributed by atoms with E-state index in [4.69, 9.17) is 0 Å². The third kappa shape index (κ3) is 2.96. The first-order chi connectivity index (χ1) is 8.15. The largest absolute Gasteiger partial charge is 0.351 e. The highest BCUT2D eigenvalue weighted by atomic mass is 15.3. The first-order valence-corrected chi connectivity index (χ1v) is 6.60. The molecule has 1 aromatic carbocycles. The topological polar surface area (TPSA) is 36.1 Å². The molecule has 3 N–H and O–H groups in total. The molecule has 0 aromatic heterocycles. The second kappa shape index (κ2) is 4.16. The van der Waals surface area contributed by atoms with Gasteiger partial charge in [-0.15, -0.1) is 0 Å². The molecule has 1 unspecified atom stereocenters. The van der Waals surface area contributed by atoms with Crippen molar-refractivity contribution < 1.29 is 0 Å². The van der Waals surface area contributed by atoms with Crippen molar-refractivity contribution in [3.05, 3.63) is 23.8 Å². The predicted octanol–water partition coefficient (Wildman–Crippen LogP) is 3.49. The van der Waals surface area contributed by atoms with Gasteiger partial charge in [-0.25, -0.2) is 0 Å².